The smallest absolute Gasteiger partial charge is 0.123 e. The monoisotopic (exact) mass is 247 g/mol. The number of hydrogen-bond donors (Lipinski definition) is 1. The Labute approximate surface area is 109 Å². The molecular formula is C16H22FN. The Balaban J connectivity index is 1.62. The molecule has 3 rings (SSSR count). The molecule has 2 aliphatic rings. The van der Waals surface area contributed by atoms with Crippen molar-refractivity contribution < 1.29 is 4.39 Å². The van der Waals surface area contributed by atoms with Crippen LogP contribution in [0.25, 0.3) is 0 Å². The molecule has 18 heavy (non-hydrogen) atoms. The predicted octanol–water partition coefficient (Wildman–Crippen LogP) is 4.06. The molecule has 2 heteroatoms. The second kappa shape index (κ2) is 5.40. The third-order valence-electron chi connectivity index (χ3n) is 4.42. The summed E-state index contributed by atoms with van der Waals surface area (Å²) in [5.41, 5.74) is 1.26. The van der Waals surface area contributed by atoms with Crippen molar-refractivity contribution in [2.45, 2.75) is 44.6 Å². The van der Waals surface area contributed by atoms with E-state index in [4.69, 9.17) is 0 Å². The van der Waals surface area contributed by atoms with Crippen molar-refractivity contribution in [2.75, 3.05) is 6.54 Å². The first-order chi connectivity index (χ1) is 8.83. The first kappa shape index (κ1) is 12.2. The summed E-state index contributed by atoms with van der Waals surface area (Å²) in [5.74, 6) is 1.51. The van der Waals surface area contributed by atoms with Gasteiger partial charge in [-0.05, 0) is 61.8 Å². The molecule has 0 heterocycles. The predicted molar refractivity (Wildman–Crippen MR) is 71.8 cm³/mol. The molecule has 0 bridgehead atoms. The zero-order valence-corrected chi connectivity index (χ0v) is 10.9. The molecule has 0 radical (unpaired) electrons. The second-order valence-corrected chi connectivity index (χ2v) is 5.93. The molecule has 1 N–H and O–H groups in total. The van der Waals surface area contributed by atoms with E-state index in [9.17, 15) is 4.39 Å². The molecule has 0 aliphatic heterocycles. The van der Waals surface area contributed by atoms with Gasteiger partial charge >= 0.3 is 0 Å². The number of nitrogens with one attached hydrogen (secondary N) is 1. The minimum atomic E-state index is -0.135. The normalized spacial score (nSPS) is 22.3. The Morgan fingerprint density at radius 2 is 1.72 bits per heavy atom. The largest absolute Gasteiger partial charge is 0.309 e. The molecule has 1 aromatic carbocycles. The van der Waals surface area contributed by atoms with Crippen molar-refractivity contribution in [3.63, 3.8) is 0 Å². The summed E-state index contributed by atoms with van der Waals surface area (Å²) in [6.07, 6.45) is 8.20. The van der Waals surface area contributed by atoms with Crippen LogP contribution in [0.1, 0.15) is 50.1 Å². The maximum atomic E-state index is 13.0. The minimum Gasteiger partial charge on any atom is -0.309 e. The second-order valence-electron chi connectivity index (χ2n) is 5.93. The fourth-order valence-electron chi connectivity index (χ4n) is 3.16. The topological polar surface area (TPSA) is 12.0 Å². The summed E-state index contributed by atoms with van der Waals surface area (Å²) in [6, 6.07) is 7.51. The van der Waals surface area contributed by atoms with E-state index in [-0.39, 0.29) is 5.82 Å². The van der Waals surface area contributed by atoms with Gasteiger partial charge in [-0.15, -0.1) is 0 Å². The molecule has 2 aliphatic carbocycles. The van der Waals surface area contributed by atoms with Crippen LogP contribution in [0.15, 0.2) is 24.3 Å². The number of rotatable bonds is 5. The zero-order valence-electron chi connectivity index (χ0n) is 10.9. The highest BCUT2D eigenvalue weighted by molar-refractivity contribution is 5.22. The summed E-state index contributed by atoms with van der Waals surface area (Å²) in [7, 11) is 0. The molecule has 0 aromatic heterocycles. The van der Waals surface area contributed by atoms with E-state index < -0.39 is 0 Å². The van der Waals surface area contributed by atoms with E-state index in [1.54, 1.807) is 12.1 Å². The van der Waals surface area contributed by atoms with Crippen molar-refractivity contribution in [3.8, 4) is 0 Å². The number of halogens is 1. The number of hydrogen-bond acceptors (Lipinski definition) is 1. The van der Waals surface area contributed by atoms with Gasteiger partial charge in [0, 0.05) is 6.04 Å². The molecule has 98 valence electrons. The molecule has 2 saturated carbocycles. The van der Waals surface area contributed by atoms with Gasteiger partial charge in [-0.1, -0.05) is 25.0 Å². The van der Waals surface area contributed by atoms with Crippen LogP contribution in [0.2, 0.25) is 0 Å². The van der Waals surface area contributed by atoms with E-state index in [0.717, 1.165) is 18.4 Å². The number of benzene rings is 1. The summed E-state index contributed by atoms with van der Waals surface area (Å²) < 4.78 is 13.0. The zero-order chi connectivity index (χ0) is 12.4. The van der Waals surface area contributed by atoms with Gasteiger partial charge in [-0.25, -0.2) is 4.39 Å². The van der Waals surface area contributed by atoms with Crippen LogP contribution < -0.4 is 5.32 Å². The Hall–Kier alpha value is -0.890. The third kappa shape index (κ3) is 2.92. The maximum absolute atomic E-state index is 13.0. The first-order valence-corrected chi connectivity index (χ1v) is 7.32. The van der Waals surface area contributed by atoms with Crippen molar-refractivity contribution in [3.05, 3.63) is 35.6 Å². The van der Waals surface area contributed by atoms with Gasteiger partial charge in [0.05, 0.1) is 0 Å². The average molecular weight is 247 g/mol. The summed E-state index contributed by atoms with van der Waals surface area (Å²) in [6.45, 7) is 1.14. The highest BCUT2D eigenvalue weighted by Crippen LogP contribution is 2.41. The SMILES string of the molecule is Fc1ccc(C(NCC2CCCC2)C2CC2)cc1. The molecule has 1 atom stereocenters. The molecular weight excluding hydrogens is 225 g/mol. The Morgan fingerprint density at radius 1 is 1.06 bits per heavy atom. The summed E-state index contributed by atoms with van der Waals surface area (Å²) in [5, 5.41) is 3.74. The van der Waals surface area contributed by atoms with Crippen molar-refractivity contribution >= 4 is 0 Å². The van der Waals surface area contributed by atoms with Gasteiger partial charge in [0.15, 0.2) is 0 Å². The lowest BCUT2D eigenvalue weighted by Gasteiger charge is -2.21. The maximum Gasteiger partial charge on any atom is 0.123 e. The molecule has 2 fully saturated rings. The van der Waals surface area contributed by atoms with Gasteiger partial charge in [-0.3, -0.25) is 0 Å². The van der Waals surface area contributed by atoms with Crippen LogP contribution in [0.5, 0.6) is 0 Å². The first-order valence-electron chi connectivity index (χ1n) is 7.32. The lowest BCUT2D eigenvalue weighted by atomic mass is 10.0. The van der Waals surface area contributed by atoms with Crippen LogP contribution in [0, 0.1) is 17.7 Å². The Morgan fingerprint density at radius 3 is 2.33 bits per heavy atom. The highest BCUT2D eigenvalue weighted by Gasteiger charge is 2.32. The molecule has 0 saturated heterocycles. The van der Waals surface area contributed by atoms with E-state index in [1.807, 2.05) is 12.1 Å². The summed E-state index contributed by atoms with van der Waals surface area (Å²) in [4.78, 5) is 0. The standard InChI is InChI=1S/C16H22FN/c17-15-9-7-14(8-10-15)16(13-5-6-13)18-11-12-3-1-2-4-12/h7-10,12-13,16,18H,1-6,11H2. The highest BCUT2D eigenvalue weighted by atomic mass is 19.1. The Kier molecular flexibility index (Phi) is 3.64. The van der Waals surface area contributed by atoms with E-state index in [0.29, 0.717) is 6.04 Å². The van der Waals surface area contributed by atoms with Crippen LogP contribution >= 0.6 is 0 Å². The average Bonchev–Trinajstić information content (AvgIpc) is 3.08. The third-order valence-corrected chi connectivity index (χ3v) is 4.42. The van der Waals surface area contributed by atoms with Crippen LogP contribution in [0.4, 0.5) is 4.39 Å². The quantitative estimate of drug-likeness (QED) is 0.827. The van der Waals surface area contributed by atoms with Crippen molar-refractivity contribution in [1.29, 1.82) is 0 Å². The Bertz CT molecular complexity index is 377. The van der Waals surface area contributed by atoms with Crippen LogP contribution in [-0.4, -0.2) is 6.54 Å². The van der Waals surface area contributed by atoms with E-state index in [2.05, 4.69) is 5.32 Å². The van der Waals surface area contributed by atoms with Crippen LogP contribution in [-0.2, 0) is 0 Å². The fourth-order valence-corrected chi connectivity index (χ4v) is 3.16. The van der Waals surface area contributed by atoms with Crippen molar-refractivity contribution in [2.24, 2.45) is 11.8 Å². The molecule has 1 aromatic rings. The molecule has 0 spiro atoms. The molecule has 1 nitrogen and oxygen atoms in total. The molecule has 1 unspecified atom stereocenters. The van der Waals surface area contributed by atoms with Gasteiger partial charge in [0.1, 0.15) is 5.82 Å². The van der Waals surface area contributed by atoms with Crippen molar-refractivity contribution in [1.82, 2.24) is 5.32 Å². The lowest BCUT2D eigenvalue weighted by molar-refractivity contribution is 0.411. The van der Waals surface area contributed by atoms with Gasteiger partial charge in [-0.2, -0.15) is 0 Å². The molecule has 0 amide bonds. The van der Waals surface area contributed by atoms with Crippen LogP contribution in [0.3, 0.4) is 0 Å². The summed E-state index contributed by atoms with van der Waals surface area (Å²) >= 11 is 0. The lowest BCUT2D eigenvalue weighted by Crippen LogP contribution is -2.27. The van der Waals surface area contributed by atoms with Gasteiger partial charge in [0.25, 0.3) is 0 Å². The fraction of sp³-hybridized carbons (Fsp3) is 0.625. The minimum absolute atomic E-state index is 0.135. The van der Waals surface area contributed by atoms with E-state index in [1.165, 1.54) is 44.1 Å². The van der Waals surface area contributed by atoms with Gasteiger partial charge < -0.3 is 5.32 Å². The van der Waals surface area contributed by atoms with E-state index >= 15 is 0 Å². The van der Waals surface area contributed by atoms with Gasteiger partial charge in [0.2, 0.25) is 0 Å².